The number of thiazole rings is 1. The summed E-state index contributed by atoms with van der Waals surface area (Å²) < 4.78 is 0. The van der Waals surface area contributed by atoms with E-state index in [0.717, 1.165) is 13.0 Å². The van der Waals surface area contributed by atoms with E-state index in [1.807, 2.05) is 17.5 Å². The fourth-order valence-electron chi connectivity index (χ4n) is 1.63. The van der Waals surface area contributed by atoms with Gasteiger partial charge in [-0.25, -0.2) is 4.98 Å². The summed E-state index contributed by atoms with van der Waals surface area (Å²) in [6.45, 7) is 5.46. The molecular weight excluding hydrogens is 248 g/mol. The number of hydrogen-bond acceptors (Lipinski definition) is 4. The number of aromatic nitrogens is 1. The van der Waals surface area contributed by atoms with Crippen molar-refractivity contribution < 1.29 is 0 Å². The SMILES string of the molecule is CCCNC(C)c1cnc(Cc2cccs2)s1. The highest BCUT2D eigenvalue weighted by molar-refractivity contribution is 7.12. The first kappa shape index (κ1) is 12.7. The minimum atomic E-state index is 0.421. The van der Waals surface area contributed by atoms with Gasteiger partial charge >= 0.3 is 0 Å². The van der Waals surface area contributed by atoms with Gasteiger partial charge < -0.3 is 5.32 Å². The van der Waals surface area contributed by atoms with Crippen LogP contribution in [0.2, 0.25) is 0 Å². The molecule has 17 heavy (non-hydrogen) atoms. The van der Waals surface area contributed by atoms with Gasteiger partial charge in [0, 0.05) is 28.4 Å². The summed E-state index contributed by atoms with van der Waals surface area (Å²) in [6, 6.07) is 4.69. The molecular formula is C13H18N2S2. The molecule has 0 saturated heterocycles. The number of thiophene rings is 1. The first-order valence-electron chi connectivity index (χ1n) is 6.00. The molecule has 0 aromatic carbocycles. The summed E-state index contributed by atoms with van der Waals surface area (Å²) in [5.74, 6) is 0. The minimum absolute atomic E-state index is 0.421. The van der Waals surface area contributed by atoms with E-state index in [1.54, 1.807) is 11.3 Å². The maximum absolute atomic E-state index is 4.51. The largest absolute Gasteiger partial charge is 0.309 e. The fourth-order valence-corrected chi connectivity index (χ4v) is 3.40. The Kier molecular flexibility index (Phi) is 4.71. The Morgan fingerprint density at radius 1 is 1.47 bits per heavy atom. The highest BCUT2D eigenvalue weighted by Crippen LogP contribution is 2.23. The Bertz CT molecular complexity index is 434. The number of hydrogen-bond donors (Lipinski definition) is 1. The van der Waals surface area contributed by atoms with Crippen molar-refractivity contribution in [3.05, 3.63) is 38.5 Å². The van der Waals surface area contributed by atoms with Crippen molar-refractivity contribution in [2.24, 2.45) is 0 Å². The normalized spacial score (nSPS) is 12.8. The molecule has 0 aliphatic heterocycles. The number of nitrogens with zero attached hydrogens (tertiary/aromatic N) is 1. The molecule has 4 heteroatoms. The third-order valence-corrected chi connectivity index (χ3v) is 4.66. The van der Waals surface area contributed by atoms with Crippen LogP contribution < -0.4 is 5.32 Å². The second kappa shape index (κ2) is 6.28. The quantitative estimate of drug-likeness (QED) is 0.859. The van der Waals surface area contributed by atoms with Crippen molar-refractivity contribution in [2.45, 2.75) is 32.7 Å². The molecule has 1 unspecified atom stereocenters. The van der Waals surface area contributed by atoms with Gasteiger partial charge in [0.15, 0.2) is 0 Å². The lowest BCUT2D eigenvalue weighted by molar-refractivity contribution is 0.577. The smallest absolute Gasteiger partial charge is 0.0980 e. The molecule has 0 fully saturated rings. The van der Waals surface area contributed by atoms with Gasteiger partial charge in [0.25, 0.3) is 0 Å². The molecule has 2 heterocycles. The van der Waals surface area contributed by atoms with Crippen LogP contribution in [0, 0.1) is 0 Å². The average Bonchev–Trinajstić information content (AvgIpc) is 2.98. The predicted molar refractivity (Wildman–Crippen MR) is 75.9 cm³/mol. The van der Waals surface area contributed by atoms with E-state index in [1.165, 1.54) is 21.2 Å². The second-order valence-corrected chi connectivity index (χ2v) is 6.27. The molecule has 2 aromatic heterocycles. The monoisotopic (exact) mass is 266 g/mol. The Labute approximate surface area is 111 Å². The molecule has 1 N–H and O–H groups in total. The van der Waals surface area contributed by atoms with Crippen molar-refractivity contribution in [3.63, 3.8) is 0 Å². The molecule has 2 nitrogen and oxygen atoms in total. The van der Waals surface area contributed by atoms with Crippen molar-refractivity contribution in [1.82, 2.24) is 10.3 Å². The Morgan fingerprint density at radius 3 is 3.06 bits per heavy atom. The van der Waals surface area contributed by atoms with Gasteiger partial charge in [0.2, 0.25) is 0 Å². The van der Waals surface area contributed by atoms with E-state index in [-0.39, 0.29) is 0 Å². The zero-order valence-electron chi connectivity index (χ0n) is 10.3. The minimum Gasteiger partial charge on any atom is -0.309 e. The van der Waals surface area contributed by atoms with Crippen molar-refractivity contribution in [3.8, 4) is 0 Å². The third-order valence-electron chi connectivity index (χ3n) is 2.60. The van der Waals surface area contributed by atoms with Crippen LogP contribution in [0.5, 0.6) is 0 Å². The number of rotatable bonds is 6. The van der Waals surface area contributed by atoms with Crippen molar-refractivity contribution >= 4 is 22.7 Å². The van der Waals surface area contributed by atoms with Crippen molar-refractivity contribution in [2.75, 3.05) is 6.54 Å². The summed E-state index contributed by atoms with van der Waals surface area (Å²) in [5.41, 5.74) is 0. The Balaban J connectivity index is 1.95. The molecule has 0 radical (unpaired) electrons. The second-order valence-electron chi connectivity index (χ2n) is 4.09. The summed E-state index contributed by atoms with van der Waals surface area (Å²) in [7, 11) is 0. The first-order chi connectivity index (χ1) is 8.29. The summed E-state index contributed by atoms with van der Waals surface area (Å²) in [4.78, 5) is 7.23. The molecule has 0 aliphatic carbocycles. The van der Waals surface area contributed by atoms with E-state index in [0.29, 0.717) is 6.04 Å². The van der Waals surface area contributed by atoms with Crippen LogP contribution in [0.1, 0.15) is 41.1 Å². The molecule has 0 aliphatic rings. The van der Waals surface area contributed by atoms with Crippen LogP contribution in [0.4, 0.5) is 0 Å². The standard InChI is InChI=1S/C13H18N2S2/c1-3-6-14-10(2)12-9-15-13(17-12)8-11-5-4-7-16-11/h4-5,7,9-10,14H,3,6,8H2,1-2H3. The molecule has 0 amide bonds. The van der Waals surface area contributed by atoms with Gasteiger partial charge in [-0.2, -0.15) is 0 Å². The van der Waals surface area contributed by atoms with Gasteiger partial charge in [0.1, 0.15) is 0 Å². The van der Waals surface area contributed by atoms with Gasteiger partial charge in [-0.05, 0) is 31.3 Å². The lowest BCUT2D eigenvalue weighted by Crippen LogP contribution is -2.18. The molecule has 0 bridgehead atoms. The number of nitrogens with one attached hydrogen (secondary N) is 1. The predicted octanol–water partition coefficient (Wildman–Crippen LogP) is 3.86. The zero-order chi connectivity index (χ0) is 12.1. The lowest BCUT2D eigenvalue weighted by atomic mass is 10.3. The average molecular weight is 266 g/mol. The fraction of sp³-hybridized carbons (Fsp3) is 0.462. The van der Waals surface area contributed by atoms with Crippen LogP contribution in [-0.2, 0) is 6.42 Å². The molecule has 1 atom stereocenters. The third kappa shape index (κ3) is 3.63. The Hall–Kier alpha value is -0.710. The lowest BCUT2D eigenvalue weighted by Gasteiger charge is -2.09. The van der Waals surface area contributed by atoms with Gasteiger partial charge in [0.05, 0.1) is 5.01 Å². The maximum atomic E-state index is 4.51. The van der Waals surface area contributed by atoms with Gasteiger partial charge in [-0.3, -0.25) is 0 Å². The van der Waals surface area contributed by atoms with E-state index >= 15 is 0 Å². The summed E-state index contributed by atoms with van der Waals surface area (Å²) >= 11 is 3.62. The molecule has 2 aromatic rings. The molecule has 2 rings (SSSR count). The van der Waals surface area contributed by atoms with Crippen LogP contribution in [0.15, 0.2) is 23.7 Å². The topological polar surface area (TPSA) is 24.9 Å². The molecule has 92 valence electrons. The zero-order valence-corrected chi connectivity index (χ0v) is 11.9. The van der Waals surface area contributed by atoms with Crippen LogP contribution >= 0.6 is 22.7 Å². The summed E-state index contributed by atoms with van der Waals surface area (Å²) in [6.07, 6.45) is 4.16. The van der Waals surface area contributed by atoms with Gasteiger partial charge in [-0.1, -0.05) is 13.0 Å². The maximum Gasteiger partial charge on any atom is 0.0980 e. The summed E-state index contributed by atoms with van der Waals surface area (Å²) in [5, 5.41) is 6.83. The van der Waals surface area contributed by atoms with E-state index in [2.05, 4.69) is 41.7 Å². The van der Waals surface area contributed by atoms with E-state index in [4.69, 9.17) is 0 Å². The van der Waals surface area contributed by atoms with Crippen LogP contribution in [-0.4, -0.2) is 11.5 Å². The van der Waals surface area contributed by atoms with E-state index in [9.17, 15) is 0 Å². The van der Waals surface area contributed by atoms with Crippen LogP contribution in [0.25, 0.3) is 0 Å². The molecule has 0 spiro atoms. The van der Waals surface area contributed by atoms with Gasteiger partial charge in [-0.15, -0.1) is 22.7 Å². The van der Waals surface area contributed by atoms with E-state index < -0.39 is 0 Å². The highest BCUT2D eigenvalue weighted by atomic mass is 32.1. The molecule has 0 saturated carbocycles. The van der Waals surface area contributed by atoms with Crippen LogP contribution in [0.3, 0.4) is 0 Å². The highest BCUT2D eigenvalue weighted by Gasteiger charge is 2.09. The van der Waals surface area contributed by atoms with Crippen molar-refractivity contribution in [1.29, 1.82) is 0 Å². The Morgan fingerprint density at radius 2 is 2.35 bits per heavy atom. The first-order valence-corrected chi connectivity index (χ1v) is 7.69.